The maximum Gasteiger partial charge on any atom is 0.310 e. The molecule has 4 nitrogen and oxygen atoms in total. The Kier molecular flexibility index (Phi) is 5.21. The Balaban J connectivity index is 1.60. The van der Waals surface area contributed by atoms with Gasteiger partial charge < -0.3 is 15.4 Å². The summed E-state index contributed by atoms with van der Waals surface area (Å²) in [4.78, 5) is 14.1. The molecule has 19 heavy (non-hydrogen) atoms. The van der Waals surface area contributed by atoms with E-state index in [1.54, 1.807) is 12.1 Å². The standard InChI is InChI=1S/C15H22N2O2/c16-14-6-4-13(5-7-14)12-15(18)19-11-3-10-17-8-1-2-9-17/h4-7H,1-3,8-12,16H2. The highest BCUT2D eigenvalue weighted by Crippen LogP contribution is 2.08. The van der Waals surface area contributed by atoms with Gasteiger partial charge in [-0.15, -0.1) is 0 Å². The van der Waals surface area contributed by atoms with Crippen molar-refractivity contribution in [2.24, 2.45) is 0 Å². The first-order valence-electron chi connectivity index (χ1n) is 6.96. The van der Waals surface area contributed by atoms with Gasteiger partial charge in [0, 0.05) is 12.2 Å². The van der Waals surface area contributed by atoms with Crippen LogP contribution in [0.25, 0.3) is 0 Å². The van der Waals surface area contributed by atoms with Crippen LogP contribution in [0.5, 0.6) is 0 Å². The first-order chi connectivity index (χ1) is 9.24. The van der Waals surface area contributed by atoms with Crippen LogP contribution < -0.4 is 5.73 Å². The van der Waals surface area contributed by atoms with Crippen LogP contribution in [-0.2, 0) is 16.0 Å². The number of hydrogen-bond donors (Lipinski definition) is 1. The van der Waals surface area contributed by atoms with E-state index in [1.807, 2.05) is 12.1 Å². The largest absolute Gasteiger partial charge is 0.465 e. The van der Waals surface area contributed by atoms with Crippen LogP contribution in [0.4, 0.5) is 5.69 Å². The fraction of sp³-hybridized carbons (Fsp3) is 0.533. The lowest BCUT2D eigenvalue weighted by Gasteiger charge is -2.13. The Morgan fingerprint density at radius 1 is 1.21 bits per heavy atom. The highest BCUT2D eigenvalue weighted by atomic mass is 16.5. The second-order valence-corrected chi connectivity index (χ2v) is 5.04. The summed E-state index contributed by atoms with van der Waals surface area (Å²) < 4.78 is 5.24. The molecule has 1 heterocycles. The van der Waals surface area contributed by atoms with E-state index in [2.05, 4.69) is 4.90 Å². The second-order valence-electron chi connectivity index (χ2n) is 5.04. The Hall–Kier alpha value is -1.55. The van der Waals surface area contributed by atoms with Crippen molar-refractivity contribution in [2.75, 3.05) is 32.0 Å². The molecule has 0 atom stereocenters. The zero-order chi connectivity index (χ0) is 13.5. The van der Waals surface area contributed by atoms with E-state index in [0.29, 0.717) is 18.7 Å². The van der Waals surface area contributed by atoms with Gasteiger partial charge in [-0.3, -0.25) is 4.79 Å². The van der Waals surface area contributed by atoms with Gasteiger partial charge in [0.15, 0.2) is 0 Å². The maximum atomic E-state index is 11.6. The second kappa shape index (κ2) is 7.14. The zero-order valence-corrected chi connectivity index (χ0v) is 11.3. The van der Waals surface area contributed by atoms with Gasteiger partial charge in [0.25, 0.3) is 0 Å². The molecule has 104 valence electrons. The number of carbonyl (C=O) groups excluding carboxylic acids is 1. The van der Waals surface area contributed by atoms with Gasteiger partial charge in [-0.05, 0) is 50.0 Å². The Morgan fingerprint density at radius 3 is 2.58 bits per heavy atom. The lowest BCUT2D eigenvalue weighted by Crippen LogP contribution is -2.22. The molecule has 0 bridgehead atoms. The van der Waals surface area contributed by atoms with E-state index < -0.39 is 0 Å². The van der Waals surface area contributed by atoms with E-state index in [4.69, 9.17) is 10.5 Å². The van der Waals surface area contributed by atoms with Gasteiger partial charge in [0.1, 0.15) is 0 Å². The molecule has 1 aliphatic heterocycles. The molecule has 0 saturated carbocycles. The molecule has 1 aromatic carbocycles. The summed E-state index contributed by atoms with van der Waals surface area (Å²) in [5, 5.41) is 0. The fourth-order valence-corrected chi connectivity index (χ4v) is 2.33. The third kappa shape index (κ3) is 4.91. The molecular formula is C15H22N2O2. The minimum atomic E-state index is -0.161. The monoisotopic (exact) mass is 262 g/mol. The van der Waals surface area contributed by atoms with Gasteiger partial charge in [0.05, 0.1) is 13.0 Å². The summed E-state index contributed by atoms with van der Waals surface area (Å²) in [6, 6.07) is 7.33. The number of benzene rings is 1. The van der Waals surface area contributed by atoms with Crippen LogP contribution in [0.3, 0.4) is 0 Å². The number of nitrogens with zero attached hydrogens (tertiary/aromatic N) is 1. The third-order valence-electron chi connectivity index (χ3n) is 3.41. The van der Waals surface area contributed by atoms with Crippen molar-refractivity contribution in [3.05, 3.63) is 29.8 Å². The quantitative estimate of drug-likeness (QED) is 0.483. The summed E-state index contributed by atoms with van der Waals surface area (Å²) >= 11 is 0. The molecule has 0 amide bonds. The molecule has 1 aromatic rings. The van der Waals surface area contributed by atoms with Gasteiger partial charge in [-0.1, -0.05) is 12.1 Å². The normalized spacial score (nSPS) is 15.6. The number of nitrogens with two attached hydrogens (primary N) is 1. The molecule has 1 saturated heterocycles. The molecule has 2 N–H and O–H groups in total. The highest BCUT2D eigenvalue weighted by Gasteiger charge is 2.11. The van der Waals surface area contributed by atoms with Gasteiger partial charge in [0.2, 0.25) is 0 Å². The average Bonchev–Trinajstić information content (AvgIpc) is 2.91. The van der Waals surface area contributed by atoms with E-state index in [-0.39, 0.29) is 5.97 Å². The molecule has 0 aliphatic carbocycles. The molecule has 2 rings (SSSR count). The Labute approximate surface area is 114 Å². The van der Waals surface area contributed by atoms with Gasteiger partial charge in [-0.25, -0.2) is 0 Å². The number of anilines is 1. The topological polar surface area (TPSA) is 55.6 Å². The molecular weight excluding hydrogens is 240 g/mol. The molecule has 4 heteroatoms. The maximum absolute atomic E-state index is 11.6. The molecule has 1 fully saturated rings. The highest BCUT2D eigenvalue weighted by molar-refractivity contribution is 5.72. The van der Waals surface area contributed by atoms with Crippen molar-refractivity contribution in [1.82, 2.24) is 4.90 Å². The molecule has 0 radical (unpaired) electrons. The number of likely N-dealkylation sites (tertiary alicyclic amines) is 1. The minimum absolute atomic E-state index is 0.161. The average molecular weight is 262 g/mol. The molecule has 0 spiro atoms. The summed E-state index contributed by atoms with van der Waals surface area (Å²) in [6.07, 6.45) is 3.85. The lowest BCUT2D eigenvalue weighted by molar-refractivity contribution is -0.143. The molecule has 0 unspecified atom stereocenters. The molecule has 1 aliphatic rings. The van der Waals surface area contributed by atoms with E-state index in [9.17, 15) is 4.79 Å². The lowest BCUT2D eigenvalue weighted by atomic mass is 10.1. The first kappa shape index (κ1) is 13.9. The van der Waals surface area contributed by atoms with Gasteiger partial charge in [-0.2, -0.15) is 0 Å². The van der Waals surface area contributed by atoms with Crippen molar-refractivity contribution in [1.29, 1.82) is 0 Å². The smallest absolute Gasteiger partial charge is 0.310 e. The zero-order valence-electron chi connectivity index (χ0n) is 11.3. The van der Waals surface area contributed by atoms with Gasteiger partial charge >= 0.3 is 5.97 Å². The van der Waals surface area contributed by atoms with Crippen molar-refractivity contribution < 1.29 is 9.53 Å². The van der Waals surface area contributed by atoms with Crippen molar-refractivity contribution in [3.63, 3.8) is 0 Å². The van der Waals surface area contributed by atoms with E-state index in [0.717, 1.165) is 18.5 Å². The Bertz CT molecular complexity index is 397. The van der Waals surface area contributed by atoms with Crippen LogP contribution in [0.15, 0.2) is 24.3 Å². The first-order valence-corrected chi connectivity index (χ1v) is 6.96. The third-order valence-corrected chi connectivity index (χ3v) is 3.41. The number of esters is 1. The summed E-state index contributed by atoms with van der Waals surface area (Å²) in [6.45, 7) is 3.94. The Morgan fingerprint density at radius 2 is 1.89 bits per heavy atom. The van der Waals surface area contributed by atoms with Crippen LogP contribution >= 0.6 is 0 Å². The number of nitrogen functional groups attached to an aromatic ring is 1. The predicted octanol–water partition coefficient (Wildman–Crippen LogP) is 1.84. The number of ether oxygens (including phenoxy) is 1. The number of hydrogen-bond acceptors (Lipinski definition) is 4. The van der Waals surface area contributed by atoms with Crippen LogP contribution in [0, 0.1) is 0 Å². The van der Waals surface area contributed by atoms with Crippen LogP contribution in [0.2, 0.25) is 0 Å². The minimum Gasteiger partial charge on any atom is -0.465 e. The SMILES string of the molecule is Nc1ccc(CC(=O)OCCCN2CCCC2)cc1. The predicted molar refractivity (Wildman–Crippen MR) is 75.8 cm³/mol. The van der Waals surface area contributed by atoms with Crippen LogP contribution in [-0.4, -0.2) is 37.1 Å². The molecule has 0 aromatic heterocycles. The van der Waals surface area contributed by atoms with Crippen molar-refractivity contribution in [2.45, 2.75) is 25.7 Å². The number of carbonyl (C=O) groups is 1. The van der Waals surface area contributed by atoms with E-state index in [1.165, 1.54) is 25.9 Å². The van der Waals surface area contributed by atoms with E-state index >= 15 is 0 Å². The summed E-state index contributed by atoms with van der Waals surface area (Å²) in [7, 11) is 0. The summed E-state index contributed by atoms with van der Waals surface area (Å²) in [5.74, 6) is -0.161. The summed E-state index contributed by atoms with van der Waals surface area (Å²) in [5.41, 5.74) is 7.25. The van der Waals surface area contributed by atoms with Crippen molar-refractivity contribution in [3.8, 4) is 0 Å². The van der Waals surface area contributed by atoms with Crippen LogP contribution in [0.1, 0.15) is 24.8 Å². The fourth-order valence-electron chi connectivity index (χ4n) is 2.33. The number of rotatable bonds is 6. The van der Waals surface area contributed by atoms with Crippen molar-refractivity contribution >= 4 is 11.7 Å².